The predicted molar refractivity (Wildman–Crippen MR) is 121 cm³/mol. The van der Waals surface area contributed by atoms with Crippen LogP contribution in [-0.2, 0) is 10.0 Å². The molecule has 0 saturated carbocycles. The van der Waals surface area contributed by atoms with Gasteiger partial charge in [-0.1, -0.05) is 36.7 Å². The molecule has 0 bridgehead atoms. The van der Waals surface area contributed by atoms with E-state index in [1.807, 2.05) is 37.3 Å². The molecule has 3 rings (SSSR count). The number of hydrogen-bond acceptors (Lipinski definition) is 5. The van der Waals surface area contributed by atoms with E-state index in [0.717, 1.165) is 21.5 Å². The van der Waals surface area contributed by atoms with Crippen LogP contribution in [0.2, 0.25) is 5.02 Å². The van der Waals surface area contributed by atoms with Gasteiger partial charge in [0.15, 0.2) is 5.65 Å². The van der Waals surface area contributed by atoms with Gasteiger partial charge >= 0.3 is 0 Å². The molecule has 0 unspecified atom stereocenters. The Hall–Kier alpha value is -1.68. The van der Waals surface area contributed by atoms with E-state index in [9.17, 15) is 8.42 Å². The van der Waals surface area contributed by atoms with E-state index < -0.39 is 10.0 Å². The first-order valence-corrected chi connectivity index (χ1v) is 12.1. The Morgan fingerprint density at radius 3 is 2.79 bits per heavy atom. The minimum Gasteiger partial charge on any atom is -0.370 e. The van der Waals surface area contributed by atoms with Crippen LogP contribution in [0.1, 0.15) is 19.8 Å². The average molecular weight is 501 g/mol. The van der Waals surface area contributed by atoms with Gasteiger partial charge in [-0.25, -0.2) is 17.7 Å². The van der Waals surface area contributed by atoms with Crippen molar-refractivity contribution in [2.24, 2.45) is 0 Å². The molecule has 10 heteroatoms. The smallest absolute Gasteiger partial charge is 0.213 e. The van der Waals surface area contributed by atoms with Crippen molar-refractivity contribution in [2.75, 3.05) is 31.2 Å². The molecule has 0 aliphatic carbocycles. The lowest BCUT2D eigenvalue weighted by atomic mass is 10.1. The van der Waals surface area contributed by atoms with Gasteiger partial charge in [0.2, 0.25) is 10.0 Å². The van der Waals surface area contributed by atoms with E-state index in [0.29, 0.717) is 36.6 Å². The number of aromatic nitrogens is 3. The Labute approximate surface area is 184 Å². The van der Waals surface area contributed by atoms with Gasteiger partial charge in [-0.15, -0.1) is 0 Å². The lowest BCUT2D eigenvalue weighted by Gasteiger charge is -2.17. The molecule has 1 aromatic carbocycles. The van der Waals surface area contributed by atoms with E-state index in [1.54, 1.807) is 17.8 Å². The fourth-order valence-corrected chi connectivity index (χ4v) is 4.76. The minimum absolute atomic E-state index is 0.171. The Balaban J connectivity index is 1.78. The fourth-order valence-electron chi connectivity index (χ4n) is 2.94. The zero-order chi connectivity index (χ0) is 21.0. The highest BCUT2D eigenvalue weighted by atomic mass is 79.9. The number of hydrogen-bond donors (Lipinski definition) is 1. The van der Waals surface area contributed by atoms with Crippen molar-refractivity contribution in [3.63, 3.8) is 0 Å². The average Bonchev–Trinajstić information content (AvgIpc) is 3.06. The van der Waals surface area contributed by atoms with Crippen LogP contribution in [0.5, 0.6) is 0 Å². The third kappa shape index (κ3) is 5.09. The summed E-state index contributed by atoms with van der Waals surface area (Å²) < 4.78 is 28.0. The van der Waals surface area contributed by atoms with E-state index in [4.69, 9.17) is 11.6 Å². The van der Waals surface area contributed by atoms with Gasteiger partial charge in [0, 0.05) is 36.8 Å². The minimum atomic E-state index is -3.18. The number of nitrogens with zero attached hydrogens (tertiary/aromatic N) is 4. The first kappa shape index (κ1) is 22.0. The molecule has 0 radical (unpaired) electrons. The summed E-state index contributed by atoms with van der Waals surface area (Å²) in [6, 6.07) is 9.43. The van der Waals surface area contributed by atoms with Crippen LogP contribution in [-0.4, -0.2) is 53.2 Å². The predicted octanol–water partition coefficient (Wildman–Crippen LogP) is 4.29. The van der Waals surface area contributed by atoms with E-state index >= 15 is 0 Å². The summed E-state index contributed by atoms with van der Waals surface area (Å²) in [6.45, 7) is 2.90. The van der Waals surface area contributed by atoms with Gasteiger partial charge in [0.1, 0.15) is 5.82 Å². The summed E-state index contributed by atoms with van der Waals surface area (Å²) in [5, 5.41) is 8.32. The maximum Gasteiger partial charge on any atom is 0.213 e. The first-order valence-electron chi connectivity index (χ1n) is 9.30. The maximum atomic E-state index is 12.1. The second kappa shape index (κ2) is 9.42. The molecular formula is C19H23BrClN5O2S. The molecule has 2 heterocycles. The molecule has 0 spiro atoms. The third-order valence-electron chi connectivity index (χ3n) is 4.47. The summed E-state index contributed by atoms with van der Waals surface area (Å²) in [5.74, 6) is 0.930. The maximum absolute atomic E-state index is 12.1. The lowest BCUT2D eigenvalue weighted by molar-refractivity contribution is 0.465. The lowest BCUT2D eigenvalue weighted by Crippen LogP contribution is -2.31. The molecule has 3 aromatic rings. The molecular weight excluding hydrogens is 478 g/mol. The number of sulfonamides is 1. The topological polar surface area (TPSA) is 79.6 Å². The second-order valence-electron chi connectivity index (χ2n) is 6.65. The molecule has 7 nitrogen and oxygen atoms in total. The zero-order valence-corrected chi connectivity index (χ0v) is 19.4. The Kier molecular flexibility index (Phi) is 7.15. The highest BCUT2D eigenvalue weighted by molar-refractivity contribution is 9.10. The number of benzene rings is 1. The van der Waals surface area contributed by atoms with Crippen LogP contribution in [0.3, 0.4) is 0 Å². The molecule has 0 saturated heterocycles. The van der Waals surface area contributed by atoms with Crippen molar-refractivity contribution in [3.8, 4) is 11.3 Å². The fraction of sp³-hybridized carbons (Fsp3) is 0.368. The van der Waals surface area contributed by atoms with Crippen molar-refractivity contribution in [2.45, 2.75) is 19.8 Å². The van der Waals surface area contributed by atoms with Gasteiger partial charge in [0.05, 0.1) is 22.1 Å². The highest BCUT2D eigenvalue weighted by Crippen LogP contribution is 2.30. The molecule has 0 aliphatic heterocycles. The van der Waals surface area contributed by atoms with Gasteiger partial charge < -0.3 is 5.32 Å². The molecule has 2 aromatic heterocycles. The number of fused-ring (bicyclic) bond motifs is 1. The normalized spacial score (nSPS) is 12.0. The van der Waals surface area contributed by atoms with Crippen molar-refractivity contribution >= 4 is 49.0 Å². The van der Waals surface area contributed by atoms with E-state index in [1.165, 1.54) is 4.31 Å². The zero-order valence-electron chi connectivity index (χ0n) is 16.3. The van der Waals surface area contributed by atoms with Crippen molar-refractivity contribution in [3.05, 3.63) is 46.0 Å². The van der Waals surface area contributed by atoms with Crippen LogP contribution < -0.4 is 5.32 Å². The summed E-state index contributed by atoms with van der Waals surface area (Å²) in [7, 11) is -1.56. The van der Waals surface area contributed by atoms with Crippen molar-refractivity contribution in [1.82, 2.24) is 18.9 Å². The number of rotatable bonds is 9. The SMILES string of the molecule is CCCS(=O)(=O)N(C)CCCNc1cc(-c2ccccc2Cl)nc2c(Br)cnn12. The molecule has 1 N–H and O–H groups in total. The molecule has 0 fully saturated rings. The number of nitrogens with one attached hydrogen (secondary N) is 1. The number of halogens is 2. The molecule has 0 atom stereocenters. The molecule has 29 heavy (non-hydrogen) atoms. The van der Waals surface area contributed by atoms with Gasteiger partial charge in [-0.3, -0.25) is 0 Å². The van der Waals surface area contributed by atoms with E-state index in [-0.39, 0.29) is 5.75 Å². The Morgan fingerprint density at radius 1 is 1.31 bits per heavy atom. The van der Waals surface area contributed by atoms with Crippen molar-refractivity contribution in [1.29, 1.82) is 0 Å². The van der Waals surface area contributed by atoms with Gasteiger partial charge in [0.25, 0.3) is 0 Å². The molecule has 156 valence electrons. The largest absolute Gasteiger partial charge is 0.370 e. The van der Waals surface area contributed by atoms with Crippen LogP contribution in [0, 0.1) is 0 Å². The van der Waals surface area contributed by atoms with Crippen LogP contribution in [0.25, 0.3) is 16.9 Å². The first-order chi connectivity index (χ1) is 13.8. The summed E-state index contributed by atoms with van der Waals surface area (Å²) >= 11 is 9.83. The summed E-state index contributed by atoms with van der Waals surface area (Å²) in [6.07, 6.45) is 2.96. The summed E-state index contributed by atoms with van der Waals surface area (Å²) in [5.41, 5.74) is 2.24. The number of anilines is 1. The third-order valence-corrected chi connectivity index (χ3v) is 7.42. The van der Waals surface area contributed by atoms with Gasteiger partial charge in [-0.05, 0) is 34.8 Å². The molecule has 0 amide bonds. The molecule has 0 aliphatic rings. The van der Waals surface area contributed by atoms with Crippen molar-refractivity contribution < 1.29 is 8.42 Å². The Morgan fingerprint density at radius 2 is 2.07 bits per heavy atom. The van der Waals surface area contributed by atoms with Gasteiger partial charge in [-0.2, -0.15) is 9.61 Å². The van der Waals surface area contributed by atoms with E-state index in [2.05, 4.69) is 31.3 Å². The standard InChI is InChI=1S/C19H23BrClN5O2S/c1-3-11-29(27,28)25(2)10-6-9-22-18-12-17(14-7-4-5-8-16(14)21)24-19-15(20)13-23-26(18)19/h4-5,7-8,12-13,22H,3,6,9-11H2,1-2H3. The highest BCUT2D eigenvalue weighted by Gasteiger charge is 2.16. The van der Waals surface area contributed by atoms with Crippen LogP contribution in [0.4, 0.5) is 5.82 Å². The summed E-state index contributed by atoms with van der Waals surface area (Å²) in [4.78, 5) is 4.68. The monoisotopic (exact) mass is 499 g/mol. The van der Waals surface area contributed by atoms with Crippen LogP contribution >= 0.6 is 27.5 Å². The second-order valence-corrected chi connectivity index (χ2v) is 10.1. The Bertz CT molecular complexity index is 1100. The van der Waals surface area contributed by atoms with Crippen LogP contribution in [0.15, 0.2) is 41.0 Å². The quantitative estimate of drug-likeness (QED) is 0.444.